The fourth-order valence-corrected chi connectivity index (χ4v) is 3.33. The summed E-state index contributed by atoms with van der Waals surface area (Å²) >= 11 is 1.23. The Balaban J connectivity index is 1.58. The predicted molar refractivity (Wildman–Crippen MR) is 87.6 cm³/mol. The first kappa shape index (κ1) is 14.5. The minimum atomic E-state index is -0.702. The summed E-state index contributed by atoms with van der Waals surface area (Å²) in [4.78, 5) is 27.0. The standard InChI is InChI=1S/C15H9N5O3S/c21-14-13(18-17-9-5-7-10(8-6-9)20(22)23)24-15-16-11-3-1-2-4-12(11)19(14)15/h1-8,13H. The molecule has 0 radical (unpaired) electrons. The first-order valence-electron chi connectivity index (χ1n) is 6.97. The van der Waals surface area contributed by atoms with Crippen molar-refractivity contribution in [1.29, 1.82) is 0 Å². The maximum atomic E-state index is 12.5. The van der Waals surface area contributed by atoms with Gasteiger partial charge in [-0.15, -0.1) is 0 Å². The summed E-state index contributed by atoms with van der Waals surface area (Å²) in [5, 5.41) is 18.6. The van der Waals surface area contributed by atoms with E-state index in [4.69, 9.17) is 0 Å². The maximum absolute atomic E-state index is 12.5. The summed E-state index contributed by atoms with van der Waals surface area (Å²) < 4.78 is 1.54. The molecule has 0 saturated heterocycles. The molecular formula is C15H9N5O3S. The van der Waals surface area contributed by atoms with E-state index in [0.717, 1.165) is 11.0 Å². The van der Waals surface area contributed by atoms with Gasteiger partial charge in [0.1, 0.15) is 0 Å². The van der Waals surface area contributed by atoms with Crippen molar-refractivity contribution in [3.05, 3.63) is 58.6 Å². The smallest absolute Gasteiger partial charge is 0.270 e. The van der Waals surface area contributed by atoms with Gasteiger partial charge in [0.15, 0.2) is 5.16 Å². The van der Waals surface area contributed by atoms with Crippen LogP contribution >= 0.6 is 11.8 Å². The van der Waals surface area contributed by atoms with E-state index in [1.807, 2.05) is 24.3 Å². The van der Waals surface area contributed by atoms with Crippen molar-refractivity contribution < 1.29 is 9.72 Å². The van der Waals surface area contributed by atoms with Crippen LogP contribution in [-0.4, -0.2) is 25.8 Å². The largest absolute Gasteiger partial charge is 0.270 e. The van der Waals surface area contributed by atoms with Crippen molar-refractivity contribution in [2.24, 2.45) is 10.2 Å². The number of hydrogen-bond donors (Lipinski definition) is 0. The minimum Gasteiger partial charge on any atom is -0.270 e. The summed E-state index contributed by atoms with van der Waals surface area (Å²) in [5.74, 6) is -0.200. The van der Waals surface area contributed by atoms with Gasteiger partial charge in [0.05, 0.1) is 21.6 Å². The first-order valence-corrected chi connectivity index (χ1v) is 7.85. The van der Waals surface area contributed by atoms with Crippen LogP contribution in [0.15, 0.2) is 63.9 Å². The molecule has 118 valence electrons. The molecule has 0 bridgehead atoms. The fourth-order valence-electron chi connectivity index (χ4n) is 2.39. The molecule has 2 aromatic carbocycles. The van der Waals surface area contributed by atoms with E-state index in [-0.39, 0.29) is 11.6 Å². The molecule has 2 heterocycles. The van der Waals surface area contributed by atoms with Crippen LogP contribution in [0.5, 0.6) is 0 Å². The third kappa shape index (κ3) is 2.35. The zero-order valence-electron chi connectivity index (χ0n) is 12.1. The number of nitro benzene ring substituents is 1. The predicted octanol–water partition coefficient (Wildman–Crippen LogP) is 3.80. The number of para-hydroxylation sites is 2. The Bertz CT molecular complexity index is 996. The zero-order chi connectivity index (χ0) is 16.7. The average Bonchev–Trinajstić information content (AvgIpc) is 3.10. The molecule has 1 aromatic heterocycles. The highest BCUT2D eigenvalue weighted by Crippen LogP contribution is 2.36. The number of rotatable bonds is 3. The molecular weight excluding hydrogens is 330 g/mol. The molecule has 1 unspecified atom stereocenters. The van der Waals surface area contributed by atoms with Gasteiger partial charge in [-0.1, -0.05) is 12.1 Å². The Morgan fingerprint density at radius 3 is 2.67 bits per heavy atom. The number of imidazole rings is 1. The number of nitrogens with zero attached hydrogens (tertiary/aromatic N) is 5. The number of non-ortho nitro benzene ring substituents is 1. The van der Waals surface area contributed by atoms with Crippen molar-refractivity contribution in [2.75, 3.05) is 0 Å². The Labute approximate surface area is 139 Å². The number of carbonyl (C=O) groups is 1. The second-order valence-corrected chi connectivity index (χ2v) is 6.06. The Hall–Kier alpha value is -3.07. The van der Waals surface area contributed by atoms with E-state index in [1.54, 1.807) is 4.57 Å². The second kappa shape index (κ2) is 5.53. The molecule has 1 aliphatic heterocycles. The van der Waals surface area contributed by atoms with Crippen molar-refractivity contribution in [2.45, 2.75) is 10.5 Å². The highest BCUT2D eigenvalue weighted by atomic mass is 32.2. The lowest BCUT2D eigenvalue weighted by atomic mass is 10.3. The molecule has 0 saturated carbocycles. The Morgan fingerprint density at radius 1 is 1.17 bits per heavy atom. The van der Waals surface area contributed by atoms with Gasteiger partial charge < -0.3 is 0 Å². The normalized spacial score (nSPS) is 16.8. The van der Waals surface area contributed by atoms with E-state index in [1.165, 1.54) is 36.0 Å². The molecule has 0 fully saturated rings. The van der Waals surface area contributed by atoms with Gasteiger partial charge >= 0.3 is 0 Å². The van der Waals surface area contributed by atoms with E-state index in [9.17, 15) is 14.9 Å². The van der Waals surface area contributed by atoms with Crippen LogP contribution in [0.2, 0.25) is 0 Å². The van der Waals surface area contributed by atoms with Gasteiger partial charge in [0.2, 0.25) is 5.37 Å². The number of carbonyl (C=O) groups excluding carboxylic acids is 1. The molecule has 0 amide bonds. The third-order valence-corrected chi connectivity index (χ3v) is 4.52. The first-order chi connectivity index (χ1) is 11.6. The van der Waals surface area contributed by atoms with Crippen LogP contribution in [0.4, 0.5) is 11.4 Å². The second-order valence-electron chi connectivity index (χ2n) is 5.02. The quantitative estimate of drug-likeness (QED) is 0.410. The summed E-state index contributed by atoms with van der Waals surface area (Å²) in [7, 11) is 0. The molecule has 8 nitrogen and oxygen atoms in total. The molecule has 4 rings (SSSR count). The maximum Gasteiger partial charge on any atom is 0.270 e. The van der Waals surface area contributed by atoms with Crippen LogP contribution < -0.4 is 0 Å². The van der Waals surface area contributed by atoms with E-state index < -0.39 is 10.3 Å². The van der Waals surface area contributed by atoms with Gasteiger partial charge in [-0.05, 0) is 36.0 Å². The SMILES string of the molecule is O=C1C(N=Nc2ccc([N+](=O)[O-])cc2)Sc2nc3ccccc3n21. The Morgan fingerprint density at radius 2 is 1.92 bits per heavy atom. The topological polar surface area (TPSA) is 103 Å². The lowest BCUT2D eigenvalue weighted by Crippen LogP contribution is -2.14. The van der Waals surface area contributed by atoms with Gasteiger partial charge in [0, 0.05) is 12.1 Å². The highest BCUT2D eigenvalue weighted by molar-refractivity contribution is 8.00. The minimum absolute atomic E-state index is 0.0214. The van der Waals surface area contributed by atoms with Gasteiger partial charge in [-0.3, -0.25) is 19.5 Å². The van der Waals surface area contributed by atoms with Crippen molar-refractivity contribution in [3.8, 4) is 0 Å². The summed E-state index contributed by atoms with van der Waals surface area (Å²) in [6, 6.07) is 13.1. The molecule has 0 spiro atoms. The highest BCUT2D eigenvalue weighted by Gasteiger charge is 2.34. The van der Waals surface area contributed by atoms with Crippen molar-refractivity contribution in [3.63, 3.8) is 0 Å². The lowest BCUT2D eigenvalue weighted by Gasteiger charge is -2.00. The van der Waals surface area contributed by atoms with E-state index in [0.29, 0.717) is 10.8 Å². The molecule has 3 aromatic rings. The number of thioether (sulfide) groups is 1. The van der Waals surface area contributed by atoms with E-state index >= 15 is 0 Å². The monoisotopic (exact) mass is 339 g/mol. The third-order valence-electron chi connectivity index (χ3n) is 3.52. The lowest BCUT2D eigenvalue weighted by molar-refractivity contribution is -0.384. The molecule has 1 aliphatic rings. The van der Waals surface area contributed by atoms with Crippen molar-refractivity contribution >= 4 is 40.1 Å². The van der Waals surface area contributed by atoms with Crippen LogP contribution in [0.3, 0.4) is 0 Å². The van der Waals surface area contributed by atoms with Crippen LogP contribution in [0.1, 0.15) is 4.79 Å². The molecule has 1 atom stereocenters. The van der Waals surface area contributed by atoms with E-state index in [2.05, 4.69) is 15.2 Å². The number of hydrogen-bond acceptors (Lipinski definition) is 7. The van der Waals surface area contributed by atoms with Crippen LogP contribution in [0, 0.1) is 10.1 Å². The van der Waals surface area contributed by atoms with Gasteiger partial charge in [0.25, 0.3) is 11.6 Å². The van der Waals surface area contributed by atoms with Gasteiger partial charge in [-0.25, -0.2) is 4.98 Å². The number of fused-ring (bicyclic) bond motifs is 3. The summed E-state index contributed by atoms with van der Waals surface area (Å²) in [6.07, 6.45) is 0. The van der Waals surface area contributed by atoms with Crippen LogP contribution in [-0.2, 0) is 0 Å². The number of aromatic nitrogens is 2. The number of benzene rings is 2. The number of nitro groups is 1. The van der Waals surface area contributed by atoms with Gasteiger partial charge in [-0.2, -0.15) is 10.2 Å². The summed E-state index contributed by atoms with van der Waals surface area (Å²) in [6.45, 7) is 0. The summed E-state index contributed by atoms with van der Waals surface area (Å²) in [5.41, 5.74) is 1.94. The fraction of sp³-hybridized carbons (Fsp3) is 0.0667. The average molecular weight is 339 g/mol. The molecule has 0 N–H and O–H groups in total. The zero-order valence-corrected chi connectivity index (χ0v) is 12.9. The molecule has 9 heteroatoms. The molecule has 24 heavy (non-hydrogen) atoms. The Kier molecular flexibility index (Phi) is 3.35. The molecule has 0 aliphatic carbocycles. The van der Waals surface area contributed by atoms with Crippen molar-refractivity contribution in [1.82, 2.24) is 9.55 Å². The number of azo groups is 1. The van der Waals surface area contributed by atoms with Crippen LogP contribution in [0.25, 0.3) is 11.0 Å².